The number of amides is 1. The fourth-order valence-corrected chi connectivity index (χ4v) is 3.36. The summed E-state index contributed by atoms with van der Waals surface area (Å²) in [4.78, 5) is 12.8. The first-order valence-electron chi connectivity index (χ1n) is 9.39. The molecule has 1 saturated heterocycles. The summed E-state index contributed by atoms with van der Waals surface area (Å²) in [5.41, 5.74) is 2.18. The number of carbonyl (C=O) groups is 1. The Balaban J connectivity index is 0.00000280. The van der Waals surface area contributed by atoms with Crippen LogP contribution in [0.5, 0.6) is 11.5 Å². The van der Waals surface area contributed by atoms with Crippen LogP contribution in [0.3, 0.4) is 0 Å². The number of hydrogen-bond acceptors (Lipinski definition) is 4. The van der Waals surface area contributed by atoms with E-state index in [9.17, 15) is 4.79 Å². The molecule has 1 aliphatic rings. The Morgan fingerprint density at radius 2 is 1.79 bits per heavy atom. The maximum absolute atomic E-state index is 12.8. The zero-order valence-electron chi connectivity index (χ0n) is 16.6. The molecule has 2 aromatic carbocycles. The van der Waals surface area contributed by atoms with Gasteiger partial charge in [-0.05, 0) is 48.7 Å². The second-order valence-corrected chi connectivity index (χ2v) is 7.07. The lowest BCUT2D eigenvalue weighted by molar-refractivity contribution is -0.127. The third kappa shape index (κ3) is 5.18. The molecule has 0 spiro atoms. The molecular formula is C22H29ClN2O3. The van der Waals surface area contributed by atoms with Crippen LogP contribution >= 0.6 is 12.4 Å². The Bertz CT molecular complexity index is 766. The molecule has 1 aliphatic heterocycles. The van der Waals surface area contributed by atoms with Crippen LogP contribution in [0.2, 0.25) is 0 Å². The van der Waals surface area contributed by atoms with Crippen molar-refractivity contribution in [3.63, 3.8) is 0 Å². The summed E-state index contributed by atoms with van der Waals surface area (Å²) in [6.45, 7) is 3.85. The molecule has 152 valence electrons. The van der Waals surface area contributed by atoms with Crippen LogP contribution in [0.4, 0.5) is 0 Å². The zero-order chi connectivity index (χ0) is 19.2. The molecule has 5 nitrogen and oxygen atoms in total. The first-order valence-corrected chi connectivity index (χ1v) is 9.39. The minimum absolute atomic E-state index is 0. The minimum Gasteiger partial charge on any atom is -0.493 e. The Morgan fingerprint density at radius 1 is 1.11 bits per heavy atom. The van der Waals surface area contributed by atoms with Crippen molar-refractivity contribution in [2.45, 2.75) is 19.4 Å². The number of nitrogens with one attached hydrogen (secondary N) is 2. The highest BCUT2D eigenvalue weighted by Gasteiger charge is 2.30. The van der Waals surface area contributed by atoms with Crippen molar-refractivity contribution in [2.24, 2.45) is 11.8 Å². The average Bonchev–Trinajstić information content (AvgIpc) is 2.66. The van der Waals surface area contributed by atoms with Crippen LogP contribution in [0, 0.1) is 11.8 Å². The third-order valence-electron chi connectivity index (χ3n) is 5.34. The van der Waals surface area contributed by atoms with Gasteiger partial charge in [-0.25, -0.2) is 0 Å². The Labute approximate surface area is 173 Å². The molecule has 0 bridgehead atoms. The van der Waals surface area contributed by atoms with Gasteiger partial charge < -0.3 is 20.1 Å². The molecule has 2 aromatic rings. The third-order valence-corrected chi connectivity index (χ3v) is 5.34. The number of carbonyl (C=O) groups excluding carboxylic acids is 1. The van der Waals surface area contributed by atoms with Gasteiger partial charge in [-0.1, -0.05) is 43.3 Å². The number of halogens is 1. The van der Waals surface area contributed by atoms with Gasteiger partial charge >= 0.3 is 0 Å². The van der Waals surface area contributed by atoms with Crippen molar-refractivity contribution >= 4 is 18.3 Å². The van der Waals surface area contributed by atoms with Crippen molar-refractivity contribution in [3.05, 3.63) is 59.7 Å². The molecular weight excluding hydrogens is 376 g/mol. The predicted octanol–water partition coefficient (Wildman–Crippen LogP) is 3.38. The highest BCUT2D eigenvalue weighted by Crippen LogP contribution is 2.30. The quantitative estimate of drug-likeness (QED) is 0.708. The Morgan fingerprint density at radius 3 is 2.36 bits per heavy atom. The van der Waals surface area contributed by atoms with Crippen LogP contribution < -0.4 is 20.1 Å². The Kier molecular flexibility index (Phi) is 8.15. The average molecular weight is 405 g/mol. The van der Waals surface area contributed by atoms with Crippen LogP contribution in [0.1, 0.15) is 24.1 Å². The van der Waals surface area contributed by atoms with E-state index in [0.29, 0.717) is 23.8 Å². The fraction of sp³-hybridized carbons (Fsp3) is 0.409. The van der Waals surface area contributed by atoms with Gasteiger partial charge in [-0.2, -0.15) is 0 Å². The van der Waals surface area contributed by atoms with E-state index >= 15 is 0 Å². The normalized spacial score (nSPS) is 15.5. The molecule has 6 heteroatoms. The molecule has 0 aliphatic carbocycles. The smallest absolute Gasteiger partial charge is 0.223 e. The molecule has 1 heterocycles. The van der Waals surface area contributed by atoms with E-state index in [2.05, 4.69) is 22.8 Å². The molecule has 1 amide bonds. The molecule has 2 unspecified atom stereocenters. The number of rotatable bonds is 8. The summed E-state index contributed by atoms with van der Waals surface area (Å²) in [5, 5.41) is 6.50. The summed E-state index contributed by atoms with van der Waals surface area (Å²) < 4.78 is 10.7. The van der Waals surface area contributed by atoms with Crippen LogP contribution in [0.25, 0.3) is 0 Å². The lowest BCUT2D eigenvalue weighted by Gasteiger charge is -2.33. The van der Waals surface area contributed by atoms with Crippen LogP contribution in [-0.4, -0.2) is 33.2 Å². The summed E-state index contributed by atoms with van der Waals surface area (Å²) in [5.74, 6) is 1.93. The summed E-state index contributed by atoms with van der Waals surface area (Å²) in [6, 6.07) is 15.9. The van der Waals surface area contributed by atoms with E-state index in [1.165, 1.54) is 0 Å². The van der Waals surface area contributed by atoms with E-state index < -0.39 is 0 Å². The first kappa shape index (κ1) is 22.1. The van der Waals surface area contributed by atoms with Crippen LogP contribution in [0.15, 0.2) is 48.5 Å². The first-order chi connectivity index (χ1) is 13.1. The van der Waals surface area contributed by atoms with Gasteiger partial charge in [0.1, 0.15) is 0 Å². The molecule has 2 atom stereocenters. The van der Waals surface area contributed by atoms with Crippen molar-refractivity contribution < 1.29 is 14.3 Å². The largest absolute Gasteiger partial charge is 0.493 e. The standard InChI is InChI=1S/C22H28N2O3.ClH/c1-15(18-13-23-14-18)22(25)24-19(17-7-5-4-6-8-17)11-16-9-10-20(26-2)21(12-16)27-3;/h4-10,12,15,18-19,23H,11,13-14H2,1-3H3,(H,24,25);1H. The highest BCUT2D eigenvalue weighted by atomic mass is 35.5. The molecule has 1 fully saturated rings. The van der Waals surface area contributed by atoms with Gasteiger partial charge in [-0.3, -0.25) is 4.79 Å². The number of hydrogen-bond donors (Lipinski definition) is 2. The maximum Gasteiger partial charge on any atom is 0.223 e. The summed E-state index contributed by atoms with van der Waals surface area (Å²) in [6.07, 6.45) is 0.686. The van der Waals surface area contributed by atoms with E-state index in [4.69, 9.17) is 9.47 Å². The predicted molar refractivity (Wildman–Crippen MR) is 113 cm³/mol. The molecule has 28 heavy (non-hydrogen) atoms. The molecule has 0 aromatic heterocycles. The summed E-state index contributed by atoms with van der Waals surface area (Å²) >= 11 is 0. The monoisotopic (exact) mass is 404 g/mol. The number of methoxy groups -OCH3 is 2. The maximum atomic E-state index is 12.8. The summed E-state index contributed by atoms with van der Waals surface area (Å²) in [7, 11) is 3.26. The van der Waals surface area contributed by atoms with E-state index in [-0.39, 0.29) is 30.3 Å². The fourth-order valence-electron chi connectivity index (χ4n) is 3.36. The van der Waals surface area contributed by atoms with Crippen LogP contribution in [-0.2, 0) is 11.2 Å². The SMILES string of the molecule is COc1ccc(CC(NC(=O)C(C)C2CNC2)c2ccccc2)cc1OC.Cl. The van der Waals surface area contributed by atoms with Crippen molar-refractivity contribution in [2.75, 3.05) is 27.3 Å². The van der Waals surface area contributed by atoms with Gasteiger partial charge in [-0.15, -0.1) is 12.4 Å². The number of benzene rings is 2. The Hall–Kier alpha value is -2.24. The minimum atomic E-state index is -0.0905. The second kappa shape index (κ2) is 10.3. The van der Waals surface area contributed by atoms with E-state index in [1.807, 2.05) is 43.3 Å². The van der Waals surface area contributed by atoms with Crippen molar-refractivity contribution in [3.8, 4) is 11.5 Å². The second-order valence-electron chi connectivity index (χ2n) is 7.07. The van der Waals surface area contributed by atoms with Gasteiger partial charge in [0, 0.05) is 5.92 Å². The molecule has 2 N–H and O–H groups in total. The molecule has 0 saturated carbocycles. The molecule has 0 radical (unpaired) electrons. The van der Waals surface area contributed by atoms with Gasteiger partial charge in [0.2, 0.25) is 5.91 Å². The topological polar surface area (TPSA) is 59.6 Å². The lowest BCUT2D eigenvalue weighted by atomic mass is 9.87. The van der Waals surface area contributed by atoms with Gasteiger partial charge in [0.15, 0.2) is 11.5 Å². The number of ether oxygens (including phenoxy) is 2. The lowest BCUT2D eigenvalue weighted by Crippen LogP contribution is -2.50. The highest BCUT2D eigenvalue weighted by molar-refractivity contribution is 5.85. The van der Waals surface area contributed by atoms with E-state index in [1.54, 1.807) is 14.2 Å². The van der Waals surface area contributed by atoms with E-state index in [0.717, 1.165) is 24.2 Å². The van der Waals surface area contributed by atoms with Crippen molar-refractivity contribution in [1.82, 2.24) is 10.6 Å². The van der Waals surface area contributed by atoms with Gasteiger partial charge in [0.05, 0.1) is 20.3 Å². The van der Waals surface area contributed by atoms with Gasteiger partial charge in [0.25, 0.3) is 0 Å². The zero-order valence-corrected chi connectivity index (χ0v) is 17.4. The molecule has 3 rings (SSSR count). The van der Waals surface area contributed by atoms with Crippen molar-refractivity contribution in [1.29, 1.82) is 0 Å².